The van der Waals surface area contributed by atoms with Gasteiger partial charge in [-0.1, -0.05) is 183 Å². The van der Waals surface area contributed by atoms with Gasteiger partial charge in [-0.2, -0.15) is 0 Å². The third kappa shape index (κ3) is 4.76. The fourth-order valence-electron chi connectivity index (χ4n) is 13.0. The monoisotopic (exact) mass is 812 g/mol. The number of para-hydroxylation sites is 1. The molecule has 63 heavy (non-hydrogen) atoms. The molecule has 3 aliphatic heterocycles. The van der Waals surface area contributed by atoms with Crippen LogP contribution in [0.2, 0.25) is 0 Å². The molecule has 0 amide bonds. The number of anilines is 5. The molecule has 5 aliphatic rings. The highest BCUT2D eigenvalue weighted by atomic mass is 15.2. The second kappa shape index (κ2) is 12.2. The van der Waals surface area contributed by atoms with Crippen molar-refractivity contribution >= 4 is 57.0 Å². The van der Waals surface area contributed by atoms with Crippen LogP contribution in [0.3, 0.4) is 0 Å². The smallest absolute Gasteiger partial charge is 0.333 e. The van der Waals surface area contributed by atoms with Crippen LogP contribution in [0.1, 0.15) is 102 Å². The van der Waals surface area contributed by atoms with E-state index in [1.54, 1.807) is 0 Å². The van der Waals surface area contributed by atoms with Gasteiger partial charge in [0, 0.05) is 39.1 Å². The summed E-state index contributed by atoms with van der Waals surface area (Å²) in [6, 6.07) is 58.7. The zero-order valence-corrected chi connectivity index (χ0v) is 37.8. The van der Waals surface area contributed by atoms with E-state index in [-0.39, 0.29) is 28.5 Å². The van der Waals surface area contributed by atoms with Gasteiger partial charge < -0.3 is 9.71 Å². The Labute approximate surface area is 373 Å². The van der Waals surface area contributed by atoms with Crippen molar-refractivity contribution in [1.82, 2.24) is 0 Å². The van der Waals surface area contributed by atoms with Gasteiger partial charge >= 0.3 is 6.85 Å². The largest absolute Gasteiger partial charge is 0.376 e. The first-order chi connectivity index (χ1) is 30.3. The Kier molecular flexibility index (Phi) is 7.23. The second-order valence-corrected chi connectivity index (χ2v) is 21.5. The van der Waals surface area contributed by atoms with Crippen LogP contribution in [0, 0.1) is 0 Å². The molecule has 3 heterocycles. The minimum Gasteiger partial charge on any atom is -0.376 e. The summed E-state index contributed by atoms with van der Waals surface area (Å²) >= 11 is 0. The van der Waals surface area contributed by atoms with Gasteiger partial charge in [-0.25, -0.2) is 0 Å². The number of hydrogen-bond acceptors (Lipinski definition) is 2. The van der Waals surface area contributed by atoms with Crippen molar-refractivity contribution in [1.29, 1.82) is 0 Å². The van der Waals surface area contributed by atoms with Crippen molar-refractivity contribution in [3.8, 4) is 33.4 Å². The van der Waals surface area contributed by atoms with E-state index in [0.29, 0.717) is 0 Å². The normalized spacial score (nSPS) is 18.1. The molecule has 3 heteroatoms. The maximum atomic E-state index is 2.78. The van der Waals surface area contributed by atoms with Crippen LogP contribution in [-0.2, 0) is 21.7 Å². The molecule has 0 saturated carbocycles. The zero-order chi connectivity index (χ0) is 42.9. The topological polar surface area (TPSA) is 6.48 Å². The van der Waals surface area contributed by atoms with Crippen molar-refractivity contribution in [2.45, 2.75) is 89.9 Å². The summed E-state index contributed by atoms with van der Waals surface area (Å²) in [6.45, 7) is 19.6. The van der Waals surface area contributed by atoms with Crippen LogP contribution < -0.4 is 20.6 Å². The SMILES string of the molecule is CC1(C)CCC(C)(C)c2cc3c(cc21)N1c2cc4ccccc4c4c2B(c2cccc(c21)C3(C)C)N(c1cccc2c1C(C)(C)c1ccccc1-2)c1cc(-c2ccccc2)ccc1-4. The lowest BCUT2D eigenvalue weighted by molar-refractivity contribution is 0.331. The summed E-state index contributed by atoms with van der Waals surface area (Å²) in [6.07, 6.45) is 2.38. The minimum absolute atomic E-state index is 0.0786. The number of fused-ring (bicyclic) bond motifs is 12. The lowest BCUT2D eigenvalue weighted by Crippen LogP contribution is -2.62. The van der Waals surface area contributed by atoms with E-state index in [1.165, 1.54) is 130 Å². The zero-order valence-electron chi connectivity index (χ0n) is 37.8. The molecule has 8 aromatic carbocycles. The predicted molar refractivity (Wildman–Crippen MR) is 268 cm³/mol. The van der Waals surface area contributed by atoms with Gasteiger partial charge in [0.2, 0.25) is 0 Å². The highest BCUT2D eigenvalue weighted by Crippen LogP contribution is 2.60. The van der Waals surface area contributed by atoms with E-state index < -0.39 is 0 Å². The number of hydrogen-bond donors (Lipinski definition) is 0. The fourth-order valence-corrected chi connectivity index (χ4v) is 13.0. The molecule has 0 radical (unpaired) electrons. The third-order valence-corrected chi connectivity index (χ3v) is 16.4. The fraction of sp³-hybridized carbons (Fsp3) is 0.233. The van der Waals surface area contributed by atoms with Crippen molar-refractivity contribution < 1.29 is 0 Å². The molecule has 0 unspecified atom stereocenters. The van der Waals surface area contributed by atoms with Crippen molar-refractivity contribution in [3.05, 3.63) is 185 Å². The summed E-state index contributed by atoms with van der Waals surface area (Å²) < 4.78 is 0. The molecule has 0 spiro atoms. The second-order valence-electron chi connectivity index (χ2n) is 21.5. The van der Waals surface area contributed by atoms with Crippen molar-refractivity contribution in [2.75, 3.05) is 9.71 Å². The molecule has 8 aromatic rings. The maximum absolute atomic E-state index is 2.78. The van der Waals surface area contributed by atoms with Gasteiger partial charge in [-0.05, 0) is 131 Å². The number of rotatable bonds is 2. The predicted octanol–water partition coefficient (Wildman–Crippen LogP) is 14.5. The van der Waals surface area contributed by atoms with E-state index in [4.69, 9.17) is 0 Å². The molecule has 0 fully saturated rings. The summed E-state index contributed by atoms with van der Waals surface area (Å²) in [5.41, 5.74) is 25.5. The van der Waals surface area contributed by atoms with Crippen LogP contribution in [-0.4, -0.2) is 6.85 Å². The summed E-state index contributed by atoms with van der Waals surface area (Å²) in [4.78, 5) is 5.50. The molecule has 2 nitrogen and oxygen atoms in total. The Morgan fingerprint density at radius 3 is 1.94 bits per heavy atom. The van der Waals surface area contributed by atoms with Crippen molar-refractivity contribution in [2.24, 2.45) is 0 Å². The van der Waals surface area contributed by atoms with Gasteiger partial charge in [-0.15, -0.1) is 0 Å². The Hall–Kier alpha value is -6.32. The Balaban J connectivity index is 1.18. The van der Waals surface area contributed by atoms with Crippen LogP contribution >= 0.6 is 0 Å². The molecular weight excluding hydrogens is 759 g/mol. The van der Waals surface area contributed by atoms with Crippen LogP contribution in [0.25, 0.3) is 44.2 Å². The first-order valence-electron chi connectivity index (χ1n) is 23.2. The standard InChI is InChI=1S/C60H53BN2/c1-57(2)30-31-58(3,4)46-35-51-47(34-45(46)57)59(5,6)44-25-17-26-48-56(44)62(51)52-33-38-20-12-13-21-39(38)53-42-29-28-37(36-18-10-9-11-19-36)32-50(42)63(61(48)55(52)53)49-27-16-23-41-40-22-14-15-24-43(40)60(7,8)54(41)49/h9-29,32-35H,30-31H2,1-8H3. The highest BCUT2D eigenvalue weighted by Gasteiger charge is 2.52. The number of nitrogens with zero attached hydrogens (tertiary/aromatic N) is 2. The molecule has 0 N–H and O–H groups in total. The van der Waals surface area contributed by atoms with E-state index in [0.717, 1.165) is 0 Å². The molecule has 0 atom stereocenters. The molecule has 13 rings (SSSR count). The summed E-state index contributed by atoms with van der Waals surface area (Å²) in [5.74, 6) is 0. The third-order valence-electron chi connectivity index (χ3n) is 16.4. The highest BCUT2D eigenvalue weighted by molar-refractivity contribution is 6.94. The Morgan fingerprint density at radius 1 is 0.444 bits per heavy atom. The quantitative estimate of drug-likeness (QED) is 0.160. The van der Waals surface area contributed by atoms with Crippen LogP contribution in [0.15, 0.2) is 152 Å². The summed E-state index contributed by atoms with van der Waals surface area (Å²) in [5, 5.41) is 2.59. The molecule has 306 valence electrons. The average Bonchev–Trinajstić information content (AvgIpc) is 3.53. The first-order valence-corrected chi connectivity index (χ1v) is 23.2. The molecular formula is C60H53BN2. The van der Waals surface area contributed by atoms with Gasteiger partial charge in [0.25, 0.3) is 0 Å². The maximum Gasteiger partial charge on any atom is 0.333 e. The van der Waals surface area contributed by atoms with Crippen LogP contribution in [0.4, 0.5) is 28.4 Å². The first kappa shape index (κ1) is 37.3. The Bertz CT molecular complexity index is 3310. The lowest BCUT2D eigenvalue weighted by atomic mass is 9.42. The number of benzene rings is 8. The minimum atomic E-state index is -0.226. The molecule has 0 saturated heterocycles. The van der Waals surface area contributed by atoms with Crippen molar-refractivity contribution in [3.63, 3.8) is 0 Å². The lowest BCUT2D eigenvalue weighted by Gasteiger charge is -2.52. The van der Waals surface area contributed by atoms with E-state index in [9.17, 15) is 0 Å². The Morgan fingerprint density at radius 2 is 1.13 bits per heavy atom. The van der Waals surface area contributed by atoms with E-state index >= 15 is 0 Å². The molecule has 0 aromatic heterocycles. The van der Waals surface area contributed by atoms with Gasteiger partial charge in [0.05, 0.1) is 5.69 Å². The van der Waals surface area contributed by atoms with Gasteiger partial charge in [-0.3, -0.25) is 0 Å². The molecule has 0 bridgehead atoms. The molecule has 2 aliphatic carbocycles. The van der Waals surface area contributed by atoms with Gasteiger partial charge in [0.1, 0.15) is 0 Å². The average molecular weight is 813 g/mol. The van der Waals surface area contributed by atoms with Gasteiger partial charge in [0.15, 0.2) is 0 Å². The van der Waals surface area contributed by atoms with E-state index in [2.05, 4.69) is 217 Å². The summed E-state index contributed by atoms with van der Waals surface area (Å²) in [7, 11) is 0. The van der Waals surface area contributed by atoms with Crippen LogP contribution in [0.5, 0.6) is 0 Å². The van der Waals surface area contributed by atoms with E-state index in [1.807, 2.05) is 0 Å².